The molecule has 1 saturated heterocycles. The fourth-order valence-corrected chi connectivity index (χ4v) is 4.56. The topological polar surface area (TPSA) is 59.2 Å². The molecular weight excluding hydrogens is 313 g/mol. The summed E-state index contributed by atoms with van der Waals surface area (Å²) in [4.78, 5) is 4.05. The average Bonchev–Trinajstić information content (AvgIpc) is 2.86. The van der Waals surface area contributed by atoms with Crippen LogP contribution in [0.3, 0.4) is 0 Å². The second-order valence-electron chi connectivity index (χ2n) is 4.63. The quantitative estimate of drug-likeness (QED) is 0.920. The van der Waals surface area contributed by atoms with Crippen LogP contribution < -0.4 is 0 Å². The van der Waals surface area contributed by atoms with E-state index in [-0.39, 0.29) is 16.4 Å². The van der Waals surface area contributed by atoms with Crippen molar-refractivity contribution in [2.45, 2.75) is 42.5 Å². The smallest absolute Gasteiger partial charge is 0.383 e. The highest BCUT2D eigenvalue weighted by molar-refractivity contribution is 8.06. The number of aliphatic hydroxyl groups excluding tert-OH is 1. The molecule has 4 atom stereocenters. The lowest BCUT2D eigenvalue weighted by molar-refractivity contribution is -0.210. The van der Waals surface area contributed by atoms with E-state index < -0.39 is 18.2 Å². The summed E-state index contributed by atoms with van der Waals surface area (Å²) < 4.78 is 42.3. The first-order chi connectivity index (χ1) is 9.30. The number of aromatic nitrogens is 2. The van der Waals surface area contributed by atoms with E-state index in [4.69, 9.17) is 4.52 Å². The number of thioether (sulfide) groups is 2. The van der Waals surface area contributed by atoms with Crippen LogP contribution in [0.5, 0.6) is 0 Å². The van der Waals surface area contributed by atoms with Gasteiger partial charge in [0.25, 0.3) is 0 Å². The maximum atomic E-state index is 12.5. The lowest BCUT2D eigenvalue weighted by atomic mass is 10.0. The highest BCUT2D eigenvalue weighted by atomic mass is 32.2. The molecule has 1 fully saturated rings. The molecule has 0 amide bonds. The van der Waals surface area contributed by atoms with Crippen molar-refractivity contribution in [3.63, 3.8) is 0 Å². The largest absolute Gasteiger partial charge is 0.415 e. The first kappa shape index (κ1) is 16.0. The number of halogens is 3. The molecule has 20 heavy (non-hydrogen) atoms. The Balaban J connectivity index is 2.12. The molecule has 1 aromatic heterocycles. The molecule has 0 spiro atoms. The van der Waals surface area contributed by atoms with Crippen molar-refractivity contribution >= 4 is 23.5 Å². The number of nitrogens with zero attached hydrogens (tertiary/aromatic N) is 2. The minimum atomic E-state index is -4.70. The molecule has 1 N–H and O–H groups in total. The lowest BCUT2D eigenvalue weighted by Gasteiger charge is -2.24. The summed E-state index contributed by atoms with van der Waals surface area (Å²) in [7, 11) is 0. The van der Waals surface area contributed by atoms with E-state index in [2.05, 4.69) is 10.1 Å². The van der Waals surface area contributed by atoms with Crippen LogP contribution in [-0.4, -0.2) is 44.3 Å². The summed E-state index contributed by atoms with van der Waals surface area (Å²) >= 11 is 3.45. The Kier molecular flexibility index (Phi) is 4.91. The molecule has 9 heteroatoms. The third-order valence-electron chi connectivity index (χ3n) is 3.10. The van der Waals surface area contributed by atoms with E-state index in [1.807, 2.05) is 6.92 Å². The van der Waals surface area contributed by atoms with Gasteiger partial charge in [0, 0.05) is 16.8 Å². The zero-order valence-corrected chi connectivity index (χ0v) is 12.6. The van der Waals surface area contributed by atoms with Gasteiger partial charge in [0.1, 0.15) is 0 Å². The van der Waals surface area contributed by atoms with Crippen LogP contribution in [0.1, 0.15) is 36.7 Å². The molecule has 114 valence electrons. The van der Waals surface area contributed by atoms with Crippen LogP contribution >= 0.6 is 23.5 Å². The van der Waals surface area contributed by atoms with Crippen LogP contribution in [0, 0.1) is 0 Å². The molecule has 0 saturated carbocycles. The van der Waals surface area contributed by atoms with Gasteiger partial charge >= 0.3 is 6.18 Å². The van der Waals surface area contributed by atoms with E-state index in [0.717, 1.165) is 11.5 Å². The van der Waals surface area contributed by atoms with Gasteiger partial charge in [0.05, 0.1) is 11.2 Å². The van der Waals surface area contributed by atoms with Gasteiger partial charge in [-0.15, -0.1) is 11.8 Å². The molecule has 1 aliphatic rings. The number of aliphatic hydroxyl groups is 1. The molecule has 0 radical (unpaired) electrons. The third kappa shape index (κ3) is 3.43. The number of rotatable bonds is 3. The van der Waals surface area contributed by atoms with Crippen molar-refractivity contribution < 1.29 is 22.8 Å². The lowest BCUT2D eigenvalue weighted by Crippen LogP contribution is -2.33. The normalized spacial score (nSPS) is 27.3. The van der Waals surface area contributed by atoms with Crippen LogP contribution in [0.25, 0.3) is 0 Å². The number of hydrogen-bond donors (Lipinski definition) is 1. The van der Waals surface area contributed by atoms with Crippen molar-refractivity contribution in [1.29, 1.82) is 0 Å². The SMILES string of the molecule is CC1SCCSC1c1noc(C(C)C(O)C(F)(F)F)n1. The molecule has 0 aliphatic carbocycles. The van der Waals surface area contributed by atoms with E-state index in [1.54, 1.807) is 23.5 Å². The van der Waals surface area contributed by atoms with Gasteiger partial charge in [-0.3, -0.25) is 0 Å². The molecule has 4 nitrogen and oxygen atoms in total. The average molecular weight is 328 g/mol. The zero-order valence-electron chi connectivity index (χ0n) is 10.9. The van der Waals surface area contributed by atoms with Gasteiger partial charge in [-0.2, -0.15) is 29.9 Å². The first-order valence-corrected chi connectivity index (χ1v) is 8.22. The summed E-state index contributed by atoms with van der Waals surface area (Å²) in [5.74, 6) is 0.951. The predicted octanol–water partition coefficient (Wildman–Crippen LogP) is 3.01. The van der Waals surface area contributed by atoms with E-state index in [0.29, 0.717) is 5.82 Å². The van der Waals surface area contributed by atoms with Gasteiger partial charge in [0.2, 0.25) is 5.89 Å². The molecule has 4 unspecified atom stereocenters. The molecule has 2 heterocycles. The minimum absolute atomic E-state index is 0.0153. The summed E-state index contributed by atoms with van der Waals surface area (Å²) in [6.07, 6.45) is -7.20. The maximum Gasteiger partial charge on any atom is 0.415 e. The zero-order chi connectivity index (χ0) is 14.9. The van der Waals surface area contributed by atoms with Gasteiger partial charge in [-0.05, 0) is 0 Å². The van der Waals surface area contributed by atoms with Gasteiger partial charge < -0.3 is 9.63 Å². The molecule has 0 bridgehead atoms. The third-order valence-corrected chi connectivity index (χ3v) is 6.18. The van der Waals surface area contributed by atoms with Crippen molar-refractivity contribution in [1.82, 2.24) is 10.1 Å². The molecular formula is C11H15F3N2O2S2. The van der Waals surface area contributed by atoms with Crippen molar-refractivity contribution in [3.05, 3.63) is 11.7 Å². The predicted molar refractivity (Wildman–Crippen MR) is 71.9 cm³/mol. The Hall–Kier alpha value is -0.410. The van der Waals surface area contributed by atoms with Gasteiger partial charge in [-0.25, -0.2) is 0 Å². The van der Waals surface area contributed by atoms with Crippen LogP contribution in [0.15, 0.2) is 4.52 Å². The van der Waals surface area contributed by atoms with Crippen molar-refractivity contribution in [2.24, 2.45) is 0 Å². The number of hydrogen-bond acceptors (Lipinski definition) is 6. The molecule has 1 aliphatic heterocycles. The van der Waals surface area contributed by atoms with E-state index in [1.165, 1.54) is 6.92 Å². The fourth-order valence-electron chi connectivity index (χ4n) is 1.88. The highest BCUT2D eigenvalue weighted by Crippen LogP contribution is 2.41. The van der Waals surface area contributed by atoms with E-state index >= 15 is 0 Å². The molecule has 2 rings (SSSR count). The van der Waals surface area contributed by atoms with Gasteiger partial charge in [-0.1, -0.05) is 19.0 Å². The maximum absolute atomic E-state index is 12.5. The van der Waals surface area contributed by atoms with Crippen molar-refractivity contribution in [3.8, 4) is 0 Å². The Labute approximate surface area is 122 Å². The molecule has 0 aromatic carbocycles. The highest BCUT2D eigenvalue weighted by Gasteiger charge is 2.44. The van der Waals surface area contributed by atoms with Crippen LogP contribution in [0.2, 0.25) is 0 Å². The van der Waals surface area contributed by atoms with Gasteiger partial charge in [0.15, 0.2) is 11.9 Å². The Bertz CT molecular complexity index is 455. The second-order valence-corrected chi connectivity index (χ2v) is 7.37. The Morgan fingerprint density at radius 3 is 2.60 bits per heavy atom. The molecule has 1 aromatic rings. The van der Waals surface area contributed by atoms with Crippen LogP contribution in [-0.2, 0) is 0 Å². The first-order valence-electron chi connectivity index (χ1n) is 6.12. The minimum Gasteiger partial charge on any atom is -0.383 e. The second kappa shape index (κ2) is 6.15. The summed E-state index contributed by atoms with van der Waals surface area (Å²) in [6.45, 7) is 3.26. The monoisotopic (exact) mass is 328 g/mol. The number of alkyl halides is 3. The fraction of sp³-hybridized carbons (Fsp3) is 0.818. The summed E-state index contributed by atoms with van der Waals surface area (Å²) in [6, 6.07) is 0. The standard InChI is InChI=1S/C11H15F3N2O2S2/c1-5(8(17)11(12,13)14)10-15-9(16-18-10)7-6(2)19-3-4-20-7/h5-8,17H,3-4H2,1-2H3. The van der Waals surface area contributed by atoms with E-state index in [9.17, 15) is 18.3 Å². The summed E-state index contributed by atoms with van der Waals surface area (Å²) in [5.41, 5.74) is 0. The Morgan fingerprint density at radius 1 is 1.35 bits per heavy atom. The summed E-state index contributed by atoms with van der Waals surface area (Å²) in [5, 5.41) is 13.3. The van der Waals surface area contributed by atoms with Crippen LogP contribution in [0.4, 0.5) is 13.2 Å². The van der Waals surface area contributed by atoms with Crippen molar-refractivity contribution in [2.75, 3.05) is 11.5 Å². The Morgan fingerprint density at radius 2 is 2.00 bits per heavy atom.